The number of nitrogens with one attached hydrogen (secondary N) is 2. The molecule has 10 heteroatoms. The van der Waals surface area contributed by atoms with Crippen molar-refractivity contribution in [3.8, 4) is 0 Å². The number of sulfonamides is 1. The van der Waals surface area contributed by atoms with E-state index in [1.807, 2.05) is 0 Å². The maximum absolute atomic E-state index is 12.5. The SMILES string of the molecule is O=C(NC(C(=O)O)C1CC1)c1cc(S(=O)(=O)N2CCSCC2)c[nH]1. The molecule has 1 unspecified atom stereocenters. The molecular formula is C14H19N3O5S2. The van der Waals surface area contributed by atoms with E-state index in [0.717, 1.165) is 24.3 Å². The predicted molar refractivity (Wildman–Crippen MR) is 88.5 cm³/mol. The molecule has 1 atom stereocenters. The number of carboxylic acid groups (broad SMARTS) is 1. The molecule has 3 rings (SSSR count). The van der Waals surface area contributed by atoms with Crippen LogP contribution in [0.25, 0.3) is 0 Å². The van der Waals surface area contributed by atoms with Crippen LogP contribution in [0.1, 0.15) is 23.3 Å². The second-order valence-corrected chi connectivity index (χ2v) is 9.05. The van der Waals surface area contributed by atoms with Crippen LogP contribution in [0.3, 0.4) is 0 Å². The third-order valence-corrected chi connectivity index (χ3v) is 6.97. The van der Waals surface area contributed by atoms with E-state index in [2.05, 4.69) is 10.3 Å². The first-order chi connectivity index (χ1) is 11.4. The van der Waals surface area contributed by atoms with Crippen molar-refractivity contribution in [1.82, 2.24) is 14.6 Å². The second kappa shape index (κ2) is 6.77. The van der Waals surface area contributed by atoms with Crippen LogP contribution in [0.5, 0.6) is 0 Å². The van der Waals surface area contributed by atoms with E-state index in [9.17, 15) is 18.0 Å². The average Bonchev–Trinajstić information content (AvgIpc) is 3.27. The summed E-state index contributed by atoms with van der Waals surface area (Å²) in [5.74, 6) is -0.228. The van der Waals surface area contributed by atoms with Gasteiger partial charge in [-0.2, -0.15) is 16.1 Å². The molecule has 2 fully saturated rings. The number of aromatic nitrogens is 1. The molecule has 24 heavy (non-hydrogen) atoms. The van der Waals surface area contributed by atoms with Gasteiger partial charge in [-0.25, -0.2) is 13.2 Å². The minimum absolute atomic E-state index is 0.0258. The lowest BCUT2D eigenvalue weighted by Crippen LogP contribution is -2.42. The molecule has 0 aromatic carbocycles. The van der Waals surface area contributed by atoms with Crippen molar-refractivity contribution < 1.29 is 23.1 Å². The largest absolute Gasteiger partial charge is 0.480 e. The number of aliphatic carboxylic acids is 1. The van der Waals surface area contributed by atoms with Gasteiger partial charge in [-0.3, -0.25) is 4.79 Å². The molecule has 1 amide bonds. The molecule has 1 saturated heterocycles. The van der Waals surface area contributed by atoms with Crippen LogP contribution in [0.15, 0.2) is 17.2 Å². The van der Waals surface area contributed by atoms with Gasteiger partial charge in [0.2, 0.25) is 10.0 Å². The Bertz CT molecular complexity index is 735. The van der Waals surface area contributed by atoms with Crippen molar-refractivity contribution in [3.05, 3.63) is 18.0 Å². The van der Waals surface area contributed by atoms with Gasteiger partial charge in [-0.15, -0.1) is 0 Å². The van der Waals surface area contributed by atoms with Crippen molar-refractivity contribution in [3.63, 3.8) is 0 Å². The normalized spacial score (nSPS) is 20.5. The molecule has 3 N–H and O–H groups in total. The Balaban J connectivity index is 1.72. The van der Waals surface area contributed by atoms with E-state index in [1.165, 1.54) is 16.6 Å². The van der Waals surface area contributed by atoms with Crippen LogP contribution in [-0.4, -0.2) is 65.3 Å². The zero-order valence-electron chi connectivity index (χ0n) is 12.9. The highest BCUT2D eigenvalue weighted by atomic mass is 32.2. The lowest BCUT2D eigenvalue weighted by atomic mass is 10.2. The second-order valence-electron chi connectivity index (χ2n) is 5.89. The third-order valence-electron chi connectivity index (χ3n) is 4.16. The number of hydrogen-bond acceptors (Lipinski definition) is 5. The highest BCUT2D eigenvalue weighted by Crippen LogP contribution is 2.33. The summed E-state index contributed by atoms with van der Waals surface area (Å²) < 4.78 is 26.5. The molecular weight excluding hydrogens is 354 g/mol. The van der Waals surface area contributed by atoms with Crippen LogP contribution in [0.4, 0.5) is 0 Å². The number of carbonyl (C=O) groups excluding carboxylic acids is 1. The summed E-state index contributed by atoms with van der Waals surface area (Å²) >= 11 is 1.70. The maximum Gasteiger partial charge on any atom is 0.326 e. The van der Waals surface area contributed by atoms with Crippen LogP contribution in [0.2, 0.25) is 0 Å². The van der Waals surface area contributed by atoms with Gasteiger partial charge in [0, 0.05) is 30.8 Å². The first-order valence-corrected chi connectivity index (χ1v) is 10.3. The lowest BCUT2D eigenvalue weighted by Gasteiger charge is -2.24. The molecule has 1 aromatic heterocycles. The standard InChI is InChI=1S/C14H19N3O5S2/c18-13(16-12(14(19)20)9-1-2-9)11-7-10(8-15-11)24(21,22)17-3-5-23-6-4-17/h7-9,12,15H,1-6H2,(H,16,18)(H,19,20). The number of H-pyrrole nitrogens is 1. The van der Waals surface area contributed by atoms with E-state index < -0.39 is 27.9 Å². The van der Waals surface area contributed by atoms with Crippen LogP contribution < -0.4 is 5.32 Å². The zero-order valence-corrected chi connectivity index (χ0v) is 14.5. The van der Waals surface area contributed by atoms with Gasteiger partial charge in [0.05, 0.1) is 0 Å². The summed E-state index contributed by atoms with van der Waals surface area (Å²) in [6.07, 6.45) is 2.82. The van der Waals surface area contributed by atoms with E-state index in [1.54, 1.807) is 11.8 Å². The summed E-state index contributed by atoms with van der Waals surface area (Å²) in [4.78, 5) is 26.0. The van der Waals surface area contributed by atoms with Crippen molar-refractivity contribution in [2.45, 2.75) is 23.8 Å². The van der Waals surface area contributed by atoms with Gasteiger partial charge in [0.1, 0.15) is 16.6 Å². The lowest BCUT2D eigenvalue weighted by molar-refractivity contribution is -0.139. The molecule has 1 aliphatic carbocycles. The number of aromatic amines is 1. The van der Waals surface area contributed by atoms with Gasteiger partial charge < -0.3 is 15.4 Å². The quantitative estimate of drug-likeness (QED) is 0.662. The van der Waals surface area contributed by atoms with E-state index in [-0.39, 0.29) is 16.5 Å². The Morgan fingerprint density at radius 3 is 2.58 bits per heavy atom. The Hall–Kier alpha value is -1.52. The molecule has 1 saturated carbocycles. The van der Waals surface area contributed by atoms with Gasteiger partial charge in [-0.1, -0.05) is 0 Å². The summed E-state index contributed by atoms with van der Waals surface area (Å²) in [6, 6.07) is 0.332. The van der Waals surface area contributed by atoms with Crippen LogP contribution in [-0.2, 0) is 14.8 Å². The first-order valence-electron chi connectivity index (χ1n) is 7.69. The summed E-state index contributed by atoms with van der Waals surface area (Å²) in [7, 11) is -3.63. The smallest absolute Gasteiger partial charge is 0.326 e. The number of carbonyl (C=O) groups is 2. The molecule has 0 radical (unpaired) electrons. The van der Waals surface area contributed by atoms with Crippen LogP contribution >= 0.6 is 11.8 Å². The highest BCUT2D eigenvalue weighted by molar-refractivity contribution is 7.99. The first kappa shape index (κ1) is 17.3. The number of amides is 1. The average molecular weight is 373 g/mol. The molecule has 132 valence electrons. The molecule has 0 spiro atoms. The molecule has 8 nitrogen and oxygen atoms in total. The highest BCUT2D eigenvalue weighted by Gasteiger charge is 2.37. The minimum atomic E-state index is -3.63. The Morgan fingerprint density at radius 2 is 2.00 bits per heavy atom. The monoisotopic (exact) mass is 373 g/mol. The minimum Gasteiger partial charge on any atom is -0.480 e. The number of rotatable bonds is 6. The number of thioether (sulfide) groups is 1. The number of nitrogens with zero attached hydrogens (tertiary/aromatic N) is 1. The molecule has 2 heterocycles. The molecule has 1 aliphatic heterocycles. The summed E-state index contributed by atoms with van der Waals surface area (Å²) in [5, 5.41) is 11.6. The molecule has 1 aromatic rings. The van der Waals surface area contributed by atoms with Gasteiger partial charge in [0.15, 0.2) is 0 Å². The Labute approximate surface area is 144 Å². The summed E-state index contributed by atoms with van der Waals surface area (Å²) in [5.41, 5.74) is 0.0480. The van der Waals surface area contributed by atoms with Gasteiger partial charge in [0.25, 0.3) is 5.91 Å². The van der Waals surface area contributed by atoms with Crippen molar-refractivity contribution >= 4 is 33.7 Å². The van der Waals surface area contributed by atoms with E-state index in [0.29, 0.717) is 13.1 Å². The van der Waals surface area contributed by atoms with E-state index in [4.69, 9.17) is 5.11 Å². The molecule has 0 bridgehead atoms. The third kappa shape index (κ3) is 3.60. The fourth-order valence-electron chi connectivity index (χ4n) is 2.62. The zero-order chi connectivity index (χ0) is 17.3. The predicted octanol–water partition coefficient (Wildman–Crippen LogP) is 0.345. The van der Waals surface area contributed by atoms with Crippen molar-refractivity contribution in [1.29, 1.82) is 0 Å². The van der Waals surface area contributed by atoms with E-state index >= 15 is 0 Å². The fraction of sp³-hybridized carbons (Fsp3) is 0.571. The van der Waals surface area contributed by atoms with Gasteiger partial charge >= 0.3 is 5.97 Å². The van der Waals surface area contributed by atoms with Gasteiger partial charge in [-0.05, 0) is 24.8 Å². The maximum atomic E-state index is 12.5. The summed E-state index contributed by atoms with van der Waals surface area (Å²) in [6.45, 7) is 0.894. The van der Waals surface area contributed by atoms with Crippen molar-refractivity contribution in [2.75, 3.05) is 24.6 Å². The topological polar surface area (TPSA) is 120 Å². The van der Waals surface area contributed by atoms with Crippen LogP contribution in [0, 0.1) is 5.92 Å². The Kier molecular flexibility index (Phi) is 4.88. The number of hydrogen-bond donors (Lipinski definition) is 3. The number of carboxylic acids is 1. The molecule has 2 aliphatic rings. The Morgan fingerprint density at radius 1 is 1.33 bits per heavy atom. The van der Waals surface area contributed by atoms with Crippen molar-refractivity contribution in [2.24, 2.45) is 5.92 Å². The fourth-order valence-corrected chi connectivity index (χ4v) is 5.19.